The number of nitrogens with two attached hydrogens (primary N) is 1. The molecule has 0 amide bonds. The van der Waals surface area contributed by atoms with Gasteiger partial charge in [0.2, 0.25) is 5.88 Å². The molecule has 3 aromatic heterocycles. The summed E-state index contributed by atoms with van der Waals surface area (Å²) in [6.45, 7) is 0. The Bertz CT molecular complexity index is 707. The summed E-state index contributed by atoms with van der Waals surface area (Å²) in [5.41, 5.74) is 7.82. The fourth-order valence-electron chi connectivity index (χ4n) is 1.77. The van der Waals surface area contributed by atoms with E-state index in [9.17, 15) is 0 Å². The van der Waals surface area contributed by atoms with Gasteiger partial charge in [-0.25, -0.2) is 15.0 Å². The number of aromatic nitrogens is 4. The van der Waals surface area contributed by atoms with Crippen LogP contribution in [0.15, 0.2) is 30.5 Å². The Hall–Kier alpha value is -2.63. The van der Waals surface area contributed by atoms with E-state index in [1.165, 1.54) is 0 Å². The third-order valence-corrected chi connectivity index (χ3v) is 2.59. The molecule has 0 spiro atoms. The Labute approximate surface area is 103 Å². The van der Waals surface area contributed by atoms with E-state index in [0.717, 1.165) is 11.1 Å². The normalized spacial score (nSPS) is 10.7. The van der Waals surface area contributed by atoms with Gasteiger partial charge in [-0.15, -0.1) is 0 Å². The molecule has 0 atom stereocenters. The molecule has 3 N–H and O–H groups in total. The van der Waals surface area contributed by atoms with Gasteiger partial charge in [-0.3, -0.25) is 0 Å². The van der Waals surface area contributed by atoms with Gasteiger partial charge in [0.05, 0.1) is 18.2 Å². The number of aromatic amines is 1. The lowest BCUT2D eigenvalue weighted by Crippen LogP contribution is -1.91. The Morgan fingerprint density at radius 2 is 2.11 bits per heavy atom. The van der Waals surface area contributed by atoms with Crippen molar-refractivity contribution in [2.24, 2.45) is 0 Å². The summed E-state index contributed by atoms with van der Waals surface area (Å²) in [6, 6.07) is 7.28. The summed E-state index contributed by atoms with van der Waals surface area (Å²) in [4.78, 5) is 15.8. The maximum atomic E-state index is 5.63. The van der Waals surface area contributed by atoms with Crippen molar-refractivity contribution >= 4 is 17.0 Å². The highest BCUT2D eigenvalue weighted by Gasteiger charge is 2.11. The highest BCUT2D eigenvalue weighted by molar-refractivity contribution is 5.78. The Morgan fingerprint density at radius 3 is 2.94 bits per heavy atom. The summed E-state index contributed by atoms with van der Waals surface area (Å²) in [5, 5.41) is 0. The Kier molecular flexibility index (Phi) is 2.33. The SMILES string of the molecule is COc1ncccc1-c1nc2nc(N)ccc2[nH]1. The molecule has 0 fully saturated rings. The maximum Gasteiger partial charge on any atom is 0.224 e. The number of nitrogens with one attached hydrogen (secondary N) is 1. The topological polar surface area (TPSA) is 89.7 Å². The van der Waals surface area contributed by atoms with E-state index in [4.69, 9.17) is 10.5 Å². The lowest BCUT2D eigenvalue weighted by molar-refractivity contribution is 0.399. The maximum absolute atomic E-state index is 5.63. The number of H-pyrrole nitrogens is 1. The first-order valence-corrected chi connectivity index (χ1v) is 5.39. The number of imidazole rings is 1. The second kappa shape index (κ2) is 3.99. The Morgan fingerprint density at radius 1 is 1.22 bits per heavy atom. The van der Waals surface area contributed by atoms with E-state index in [2.05, 4.69) is 19.9 Å². The summed E-state index contributed by atoms with van der Waals surface area (Å²) in [5.74, 6) is 1.62. The highest BCUT2D eigenvalue weighted by atomic mass is 16.5. The highest BCUT2D eigenvalue weighted by Crippen LogP contribution is 2.26. The largest absolute Gasteiger partial charge is 0.480 e. The summed E-state index contributed by atoms with van der Waals surface area (Å²) >= 11 is 0. The molecule has 0 aliphatic heterocycles. The number of fused-ring (bicyclic) bond motifs is 1. The molecule has 0 radical (unpaired) electrons. The van der Waals surface area contributed by atoms with Gasteiger partial charge in [-0.05, 0) is 24.3 Å². The number of hydrogen-bond donors (Lipinski definition) is 2. The lowest BCUT2D eigenvalue weighted by Gasteiger charge is -2.02. The molecule has 6 nitrogen and oxygen atoms in total. The number of nitrogens with zero attached hydrogens (tertiary/aromatic N) is 3. The number of hydrogen-bond acceptors (Lipinski definition) is 5. The molecule has 3 heterocycles. The van der Waals surface area contributed by atoms with Crippen LogP contribution in [0.2, 0.25) is 0 Å². The predicted octanol–water partition coefficient (Wildman–Crippen LogP) is 1.61. The second-order valence-corrected chi connectivity index (χ2v) is 3.75. The number of pyridine rings is 2. The number of ether oxygens (including phenoxy) is 1. The second-order valence-electron chi connectivity index (χ2n) is 3.75. The molecule has 90 valence electrons. The van der Waals surface area contributed by atoms with Gasteiger partial charge in [0.1, 0.15) is 11.6 Å². The van der Waals surface area contributed by atoms with Crippen LogP contribution in [0.4, 0.5) is 5.82 Å². The van der Waals surface area contributed by atoms with Gasteiger partial charge in [0.15, 0.2) is 5.65 Å². The smallest absolute Gasteiger partial charge is 0.224 e. The molecule has 0 saturated heterocycles. The van der Waals surface area contributed by atoms with Crippen LogP contribution in [0.5, 0.6) is 5.88 Å². The number of anilines is 1. The van der Waals surface area contributed by atoms with Gasteiger partial charge in [0.25, 0.3) is 0 Å². The zero-order valence-corrected chi connectivity index (χ0v) is 9.71. The van der Waals surface area contributed by atoms with Crippen LogP contribution in [0.3, 0.4) is 0 Å². The van der Waals surface area contributed by atoms with Gasteiger partial charge in [-0.1, -0.05) is 0 Å². The average molecular weight is 241 g/mol. The van der Waals surface area contributed by atoms with Gasteiger partial charge in [0, 0.05) is 6.20 Å². The van der Waals surface area contributed by atoms with E-state index >= 15 is 0 Å². The van der Waals surface area contributed by atoms with Crippen LogP contribution in [-0.2, 0) is 0 Å². The van der Waals surface area contributed by atoms with E-state index in [-0.39, 0.29) is 0 Å². The quantitative estimate of drug-likeness (QED) is 0.711. The lowest BCUT2D eigenvalue weighted by atomic mass is 10.2. The molecule has 18 heavy (non-hydrogen) atoms. The third kappa shape index (κ3) is 1.64. The first kappa shape index (κ1) is 10.5. The molecule has 3 rings (SSSR count). The Balaban J connectivity index is 2.19. The van der Waals surface area contributed by atoms with Crippen molar-refractivity contribution in [2.45, 2.75) is 0 Å². The van der Waals surface area contributed by atoms with Crippen molar-refractivity contribution in [1.82, 2.24) is 19.9 Å². The standard InChI is InChI=1S/C12H11N5O/c1-18-12-7(3-2-6-14-12)10-15-8-4-5-9(13)16-11(8)17-10/h2-6H,1H3,(H3,13,15,16,17). The van der Waals surface area contributed by atoms with E-state index < -0.39 is 0 Å². The summed E-state index contributed by atoms with van der Waals surface area (Å²) < 4.78 is 5.20. The van der Waals surface area contributed by atoms with Crippen molar-refractivity contribution in [3.63, 3.8) is 0 Å². The van der Waals surface area contributed by atoms with Gasteiger partial charge < -0.3 is 15.5 Å². The van der Waals surface area contributed by atoms with Crippen molar-refractivity contribution in [3.8, 4) is 17.3 Å². The molecule has 0 bridgehead atoms. The van der Waals surface area contributed by atoms with Crippen LogP contribution >= 0.6 is 0 Å². The van der Waals surface area contributed by atoms with E-state index in [1.54, 1.807) is 19.4 Å². The number of rotatable bonds is 2. The van der Waals surface area contributed by atoms with Crippen molar-refractivity contribution in [2.75, 3.05) is 12.8 Å². The minimum atomic E-state index is 0.443. The molecule has 0 aliphatic rings. The van der Waals surface area contributed by atoms with Crippen molar-refractivity contribution in [3.05, 3.63) is 30.5 Å². The minimum Gasteiger partial charge on any atom is -0.480 e. The predicted molar refractivity (Wildman–Crippen MR) is 68.1 cm³/mol. The van der Waals surface area contributed by atoms with Crippen molar-refractivity contribution in [1.29, 1.82) is 0 Å². The number of methoxy groups -OCH3 is 1. The first-order valence-electron chi connectivity index (χ1n) is 5.39. The fraction of sp³-hybridized carbons (Fsp3) is 0.0833. The van der Waals surface area contributed by atoms with Crippen LogP contribution < -0.4 is 10.5 Å². The molecule has 0 aromatic carbocycles. The molecule has 0 unspecified atom stereocenters. The molecule has 0 aliphatic carbocycles. The minimum absolute atomic E-state index is 0.443. The average Bonchev–Trinajstić information content (AvgIpc) is 2.81. The summed E-state index contributed by atoms with van der Waals surface area (Å²) in [7, 11) is 1.57. The zero-order chi connectivity index (χ0) is 12.5. The molecule has 0 saturated carbocycles. The molecular formula is C12H11N5O. The zero-order valence-electron chi connectivity index (χ0n) is 9.71. The monoisotopic (exact) mass is 241 g/mol. The van der Waals surface area contributed by atoms with Crippen LogP contribution in [0.25, 0.3) is 22.6 Å². The summed E-state index contributed by atoms with van der Waals surface area (Å²) in [6.07, 6.45) is 1.67. The first-order chi connectivity index (χ1) is 8.78. The van der Waals surface area contributed by atoms with Crippen LogP contribution in [0.1, 0.15) is 0 Å². The van der Waals surface area contributed by atoms with Crippen molar-refractivity contribution < 1.29 is 4.74 Å². The van der Waals surface area contributed by atoms with E-state index in [1.807, 2.05) is 18.2 Å². The molecule has 3 aromatic rings. The molecular weight excluding hydrogens is 230 g/mol. The van der Waals surface area contributed by atoms with Crippen LogP contribution in [-0.4, -0.2) is 27.0 Å². The van der Waals surface area contributed by atoms with Crippen LogP contribution in [0, 0.1) is 0 Å². The fourth-order valence-corrected chi connectivity index (χ4v) is 1.77. The van der Waals surface area contributed by atoms with Gasteiger partial charge >= 0.3 is 0 Å². The third-order valence-electron chi connectivity index (χ3n) is 2.59. The van der Waals surface area contributed by atoms with E-state index in [0.29, 0.717) is 23.2 Å². The molecule has 6 heteroatoms. The van der Waals surface area contributed by atoms with Gasteiger partial charge in [-0.2, -0.15) is 0 Å². The number of nitrogen functional groups attached to an aromatic ring is 1.